The van der Waals surface area contributed by atoms with Crippen LogP contribution in [0.2, 0.25) is 0 Å². The lowest BCUT2D eigenvalue weighted by atomic mass is 9.73. The first-order chi connectivity index (χ1) is 15.6. The van der Waals surface area contributed by atoms with Crippen LogP contribution in [0.3, 0.4) is 0 Å². The molecule has 0 saturated carbocycles. The lowest BCUT2D eigenvalue weighted by molar-refractivity contribution is -0.137. The molecular formula is C26H32FNO4. The topological polar surface area (TPSA) is 56.8 Å². The van der Waals surface area contributed by atoms with E-state index in [9.17, 15) is 9.18 Å². The number of benzene rings is 2. The van der Waals surface area contributed by atoms with E-state index in [1.54, 1.807) is 13.2 Å². The average Bonchev–Trinajstić information content (AvgIpc) is 2.84. The Morgan fingerprint density at radius 2 is 1.94 bits per heavy atom. The van der Waals surface area contributed by atoms with Crippen molar-refractivity contribution in [3.63, 3.8) is 0 Å². The van der Waals surface area contributed by atoms with Gasteiger partial charge in [0.15, 0.2) is 0 Å². The molecule has 0 aromatic heterocycles. The fourth-order valence-corrected chi connectivity index (χ4v) is 4.83. The number of halogens is 1. The minimum atomic E-state index is -0.551. The van der Waals surface area contributed by atoms with Gasteiger partial charge < -0.3 is 19.5 Å². The maximum atomic E-state index is 14.1. The standard InChI is InChI=1S/C26H32FNO4/c1-30-24-9-8-21(27)15-23(24)22-7-3-2-6-20(22)16-26(10-13-31-14-11-26)25(29)28-17-19-5-4-12-32-18-19/h2-3,6-9,15,19H,4-5,10-14,16-18H2,1H3,(H,28,29)/t19-/m0/s1. The lowest BCUT2D eigenvalue weighted by Gasteiger charge is -2.37. The van der Waals surface area contributed by atoms with E-state index in [0.717, 1.165) is 30.6 Å². The second kappa shape index (κ2) is 10.5. The van der Waals surface area contributed by atoms with Crippen molar-refractivity contribution < 1.29 is 23.4 Å². The van der Waals surface area contributed by atoms with Gasteiger partial charge >= 0.3 is 0 Å². The number of hydrogen-bond donors (Lipinski definition) is 1. The summed E-state index contributed by atoms with van der Waals surface area (Å²) in [7, 11) is 1.59. The number of ether oxygens (including phenoxy) is 3. The van der Waals surface area contributed by atoms with Gasteiger partial charge in [0.25, 0.3) is 0 Å². The second-order valence-corrected chi connectivity index (χ2v) is 8.86. The summed E-state index contributed by atoms with van der Waals surface area (Å²) in [5.41, 5.74) is 2.05. The number of amides is 1. The predicted molar refractivity (Wildman–Crippen MR) is 121 cm³/mol. The summed E-state index contributed by atoms with van der Waals surface area (Å²) in [4.78, 5) is 13.5. The van der Waals surface area contributed by atoms with E-state index in [4.69, 9.17) is 14.2 Å². The van der Waals surface area contributed by atoms with Crippen LogP contribution >= 0.6 is 0 Å². The molecule has 1 N–H and O–H groups in total. The predicted octanol–water partition coefficient (Wildman–Crippen LogP) is 4.38. The molecule has 5 nitrogen and oxygen atoms in total. The van der Waals surface area contributed by atoms with E-state index in [1.807, 2.05) is 24.3 Å². The van der Waals surface area contributed by atoms with Crippen molar-refractivity contribution in [2.75, 3.05) is 40.1 Å². The van der Waals surface area contributed by atoms with Gasteiger partial charge in [-0.2, -0.15) is 0 Å². The Balaban J connectivity index is 1.60. The van der Waals surface area contributed by atoms with Crippen LogP contribution < -0.4 is 10.1 Å². The Labute approximate surface area is 189 Å². The first-order valence-corrected chi connectivity index (χ1v) is 11.5. The zero-order valence-electron chi connectivity index (χ0n) is 18.7. The summed E-state index contributed by atoms with van der Waals surface area (Å²) in [6.45, 7) is 3.28. The van der Waals surface area contributed by atoms with E-state index < -0.39 is 5.41 Å². The minimum absolute atomic E-state index is 0.0763. The molecule has 172 valence electrons. The molecule has 2 heterocycles. The molecule has 2 fully saturated rings. The summed E-state index contributed by atoms with van der Waals surface area (Å²) in [6.07, 6.45) is 4.02. The first kappa shape index (κ1) is 22.7. The van der Waals surface area contributed by atoms with Crippen molar-refractivity contribution >= 4 is 5.91 Å². The van der Waals surface area contributed by atoms with Crippen LogP contribution in [-0.2, 0) is 20.7 Å². The highest BCUT2D eigenvalue weighted by Crippen LogP contribution is 2.40. The molecule has 32 heavy (non-hydrogen) atoms. The summed E-state index contributed by atoms with van der Waals surface area (Å²) >= 11 is 0. The van der Waals surface area contributed by atoms with Crippen molar-refractivity contribution in [3.8, 4) is 16.9 Å². The zero-order chi connectivity index (χ0) is 22.4. The smallest absolute Gasteiger partial charge is 0.226 e. The quantitative estimate of drug-likeness (QED) is 0.693. The lowest BCUT2D eigenvalue weighted by Crippen LogP contribution is -2.47. The molecule has 2 aromatic carbocycles. The van der Waals surface area contributed by atoms with Gasteiger partial charge in [0.05, 0.1) is 19.1 Å². The summed E-state index contributed by atoms with van der Waals surface area (Å²) in [5.74, 6) is 0.742. The van der Waals surface area contributed by atoms with Gasteiger partial charge in [-0.05, 0) is 67.3 Å². The third-order valence-electron chi connectivity index (χ3n) is 6.74. The minimum Gasteiger partial charge on any atom is -0.496 e. The third-order valence-corrected chi connectivity index (χ3v) is 6.74. The molecule has 0 bridgehead atoms. The molecule has 0 aliphatic carbocycles. The molecule has 2 saturated heterocycles. The van der Waals surface area contributed by atoms with Gasteiger partial charge in [0, 0.05) is 31.9 Å². The summed E-state index contributed by atoms with van der Waals surface area (Å²) < 4.78 is 30.8. The Kier molecular flexibility index (Phi) is 7.43. The van der Waals surface area contributed by atoms with Crippen LogP contribution in [0.5, 0.6) is 5.75 Å². The Bertz CT molecular complexity index is 920. The van der Waals surface area contributed by atoms with E-state index in [-0.39, 0.29) is 11.7 Å². The number of methoxy groups -OCH3 is 1. The van der Waals surface area contributed by atoms with Gasteiger partial charge in [-0.3, -0.25) is 4.79 Å². The fraction of sp³-hybridized carbons (Fsp3) is 0.500. The summed E-state index contributed by atoms with van der Waals surface area (Å²) in [5, 5.41) is 3.21. The van der Waals surface area contributed by atoms with Crippen LogP contribution in [0.4, 0.5) is 4.39 Å². The van der Waals surface area contributed by atoms with Crippen LogP contribution in [0.15, 0.2) is 42.5 Å². The first-order valence-electron chi connectivity index (χ1n) is 11.5. The Hall–Kier alpha value is -2.44. The van der Waals surface area contributed by atoms with Crippen molar-refractivity contribution in [3.05, 3.63) is 53.8 Å². The van der Waals surface area contributed by atoms with Crippen LogP contribution in [-0.4, -0.2) is 46.0 Å². The molecule has 0 unspecified atom stereocenters. The fourth-order valence-electron chi connectivity index (χ4n) is 4.83. The molecule has 2 aromatic rings. The highest BCUT2D eigenvalue weighted by atomic mass is 19.1. The Morgan fingerprint density at radius 3 is 2.69 bits per heavy atom. The number of carbonyl (C=O) groups is 1. The Morgan fingerprint density at radius 1 is 1.12 bits per heavy atom. The van der Waals surface area contributed by atoms with Crippen molar-refractivity contribution in [1.82, 2.24) is 5.32 Å². The molecule has 2 aliphatic rings. The highest BCUT2D eigenvalue weighted by Gasteiger charge is 2.40. The SMILES string of the molecule is COc1ccc(F)cc1-c1ccccc1CC1(C(=O)NC[C@@H]2CCCOC2)CCOCC1. The normalized spacial score (nSPS) is 20.5. The van der Waals surface area contributed by atoms with Crippen molar-refractivity contribution in [1.29, 1.82) is 0 Å². The van der Waals surface area contributed by atoms with Crippen molar-refractivity contribution in [2.24, 2.45) is 11.3 Å². The monoisotopic (exact) mass is 441 g/mol. The van der Waals surface area contributed by atoms with Crippen LogP contribution in [0.25, 0.3) is 11.1 Å². The second-order valence-electron chi connectivity index (χ2n) is 8.86. The molecular weight excluding hydrogens is 409 g/mol. The van der Waals surface area contributed by atoms with E-state index >= 15 is 0 Å². The molecule has 2 aliphatic heterocycles. The zero-order valence-corrected chi connectivity index (χ0v) is 18.7. The van der Waals surface area contributed by atoms with Gasteiger partial charge in [-0.1, -0.05) is 24.3 Å². The van der Waals surface area contributed by atoms with Gasteiger partial charge in [0.2, 0.25) is 5.91 Å². The maximum Gasteiger partial charge on any atom is 0.226 e. The third kappa shape index (κ3) is 5.13. The molecule has 0 radical (unpaired) electrons. The van der Waals surface area contributed by atoms with E-state index in [0.29, 0.717) is 62.9 Å². The maximum absolute atomic E-state index is 14.1. The van der Waals surface area contributed by atoms with Gasteiger partial charge in [-0.15, -0.1) is 0 Å². The number of rotatable bonds is 7. The highest BCUT2D eigenvalue weighted by molar-refractivity contribution is 5.84. The van der Waals surface area contributed by atoms with Gasteiger partial charge in [0.1, 0.15) is 11.6 Å². The number of hydrogen-bond acceptors (Lipinski definition) is 4. The average molecular weight is 442 g/mol. The number of carbonyl (C=O) groups excluding carboxylic acids is 1. The van der Waals surface area contributed by atoms with Gasteiger partial charge in [-0.25, -0.2) is 4.39 Å². The van der Waals surface area contributed by atoms with Crippen LogP contribution in [0, 0.1) is 17.2 Å². The largest absolute Gasteiger partial charge is 0.496 e. The molecule has 1 atom stereocenters. The van der Waals surface area contributed by atoms with Crippen molar-refractivity contribution in [2.45, 2.75) is 32.1 Å². The number of nitrogens with one attached hydrogen (secondary N) is 1. The van der Waals surface area contributed by atoms with Crippen LogP contribution in [0.1, 0.15) is 31.2 Å². The molecule has 6 heteroatoms. The summed E-state index contributed by atoms with van der Waals surface area (Å²) in [6, 6.07) is 12.4. The molecule has 4 rings (SSSR count). The van der Waals surface area contributed by atoms with E-state index in [1.165, 1.54) is 12.1 Å². The molecule has 1 amide bonds. The molecule has 0 spiro atoms. The van der Waals surface area contributed by atoms with E-state index in [2.05, 4.69) is 5.32 Å².